The number of ether oxygens (including phenoxy) is 1. The summed E-state index contributed by atoms with van der Waals surface area (Å²) in [6.07, 6.45) is -4.51. The van der Waals surface area contributed by atoms with Gasteiger partial charge in [-0.05, 0) is 50.3 Å². The molecule has 0 fully saturated rings. The first kappa shape index (κ1) is 28.6. The summed E-state index contributed by atoms with van der Waals surface area (Å²) in [7, 11) is 5.39. The zero-order chi connectivity index (χ0) is 28.5. The number of nitrogens with zero attached hydrogens (tertiary/aromatic N) is 5. The van der Waals surface area contributed by atoms with Crippen LogP contribution in [0.3, 0.4) is 0 Å². The van der Waals surface area contributed by atoms with E-state index in [-0.39, 0.29) is 18.4 Å². The molecule has 0 unspecified atom stereocenters. The molecule has 0 spiro atoms. The van der Waals surface area contributed by atoms with E-state index in [1.54, 1.807) is 16.7 Å². The number of benzene rings is 2. The van der Waals surface area contributed by atoms with Gasteiger partial charge in [0.25, 0.3) is 0 Å². The summed E-state index contributed by atoms with van der Waals surface area (Å²) in [6.45, 7) is 6.70. The van der Waals surface area contributed by atoms with Crippen molar-refractivity contribution < 1.29 is 22.7 Å². The third-order valence-corrected chi connectivity index (χ3v) is 7.71. The first-order valence-corrected chi connectivity index (χ1v) is 13.3. The largest absolute Gasteiger partial charge is 0.497 e. The zero-order valence-electron chi connectivity index (χ0n) is 22.8. The maximum absolute atomic E-state index is 13.7. The fraction of sp³-hybridized carbons (Fsp3) is 0.393. The standard InChI is InChI=1S/C28H32F3N5O2S/c1-17(2)26-25(19-8-7-9-21(14-19)38-6)32-27(39-26)36-24-11-10-20(28(29,30)31)15-22(24)23(33-36)16-35(18(3)37)13-12-34(4)5/h7-11,14-15,17H,12-13,16H2,1-6H3. The summed E-state index contributed by atoms with van der Waals surface area (Å²) in [4.78, 5) is 21.9. The van der Waals surface area contributed by atoms with E-state index in [0.29, 0.717) is 40.6 Å². The first-order chi connectivity index (χ1) is 18.4. The molecule has 2 aromatic carbocycles. The maximum atomic E-state index is 13.7. The van der Waals surface area contributed by atoms with E-state index in [0.717, 1.165) is 28.3 Å². The molecule has 0 atom stereocenters. The predicted molar refractivity (Wildman–Crippen MR) is 147 cm³/mol. The third kappa shape index (κ3) is 6.25. The van der Waals surface area contributed by atoms with E-state index in [9.17, 15) is 18.0 Å². The summed E-state index contributed by atoms with van der Waals surface area (Å²) < 4.78 is 47.9. The van der Waals surface area contributed by atoms with E-state index < -0.39 is 11.7 Å². The minimum atomic E-state index is -4.51. The topological polar surface area (TPSA) is 63.5 Å². The second kappa shape index (κ2) is 11.4. The molecular formula is C28H32F3N5O2S. The van der Waals surface area contributed by atoms with Crippen LogP contribution >= 0.6 is 11.3 Å². The van der Waals surface area contributed by atoms with Crippen molar-refractivity contribution in [3.05, 3.63) is 58.6 Å². The number of likely N-dealkylation sites (N-methyl/N-ethyl adjacent to an activating group) is 1. The normalized spacial score (nSPS) is 12.1. The van der Waals surface area contributed by atoms with Gasteiger partial charge in [-0.15, -0.1) is 0 Å². The second-order valence-corrected chi connectivity index (χ2v) is 10.9. The van der Waals surface area contributed by atoms with Gasteiger partial charge in [0.05, 0.1) is 36.1 Å². The Bertz CT molecular complexity index is 1480. The highest BCUT2D eigenvalue weighted by molar-refractivity contribution is 7.14. The number of carbonyl (C=O) groups is 1. The van der Waals surface area contributed by atoms with E-state index in [1.165, 1.54) is 24.3 Å². The lowest BCUT2D eigenvalue weighted by Gasteiger charge is -2.22. The predicted octanol–water partition coefficient (Wildman–Crippen LogP) is 6.21. The van der Waals surface area contributed by atoms with E-state index in [1.807, 2.05) is 43.3 Å². The molecule has 0 saturated heterocycles. The van der Waals surface area contributed by atoms with Crippen molar-refractivity contribution in [1.29, 1.82) is 0 Å². The fourth-order valence-electron chi connectivity index (χ4n) is 4.25. The molecule has 0 radical (unpaired) electrons. The lowest BCUT2D eigenvalue weighted by Crippen LogP contribution is -2.34. The van der Waals surface area contributed by atoms with Gasteiger partial charge < -0.3 is 14.5 Å². The smallest absolute Gasteiger partial charge is 0.416 e. The molecule has 0 saturated carbocycles. The van der Waals surface area contributed by atoms with Crippen LogP contribution in [0.1, 0.15) is 42.8 Å². The van der Waals surface area contributed by atoms with Crippen molar-refractivity contribution in [3.8, 4) is 22.1 Å². The van der Waals surface area contributed by atoms with Gasteiger partial charge in [0.1, 0.15) is 5.75 Å². The van der Waals surface area contributed by atoms with Crippen molar-refractivity contribution in [2.24, 2.45) is 0 Å². The third-order valence-electron chi connectivity index (χ3n) is 6.38. The van der Waals surface area contributed by atoms with Gasteiger partial charge in [0.2, 0.25) is 11.0 Å². The molecule has 1 amide bonds. The van der Waals surface area contributed by atoms with Crippen LogP contribution in [-0.2, 0) is 17.5 Å². The number of hydrogen-bond acceptors (Lipinski definition) is 6. The van der Waals surface area contributed by atoms with Crippen LogP contribution in [0.4, 0.5) is 13.2 Å². The van der Waals surface area contributed by atoms with Gasteiger partial charge in [-0.1, -0.05) is 37.3 Å². The quantitative estimate of drug-likeness (QED) is 0.244. The number of thiazole rings is 1. The van der Waals surface area contributed by atoms with Crippen LogP contribution in [0.15, 0.2) is 42.5 Å². The summed E-state index contributed by atoms with van der Waals surface area (Å²) in [5, 5.41) is 5.61. The molecule has 39 heavy (non-hydrogen) atoms. The van der Waals surface area contributed by atoms with Gasteiger partial charge in [-0.25, -0.2) is 9.67 Å². The highest BCUT2D eigenvalue weighted by Gasteiger charge is 2.32. The van der Waals surface area contributed by atoms with Crippen LogP contribution in [0.25, 0.3) is 27.3 Å². The number of fused-ring (bicyclic) bond motifs is 1. The highest BCUT2D eigenvalue weighted by atomic mass is 32.1. The lowest BCUT2D eigenvalue weighted by molar-refractivity contribution is -0.137. The Hall–Kier alpha value is -3.44. The number of alkyl halides is 3. The summed E-state index contributed by atoms with van der Waals surface area (Å²) in [6, 6.07) is 11.2. The Morgan fingerprint density at radius 1 is 1.13 bits per heavy atom. The van der Waals surface area contributed by atoms with Crippen LogP contribution in [0, 0.1) is 0 Å². The molecule has 0 aliphatic rings. The molecule has 4 aromatic rings. The van der Waals surface area contributed by atoms with E-state index in [2.05, 4.69) is 13.8 Å². The van der Waals surface area contributed by atoms with Gasteiger partial charge in [0, 0.05) is 35.8 Å². The van der Waals surface area contributed by atoms with Gasteiger partial charge in [0.15, 0.2) is 0 Å². The molecule has 0 N–H and O–H groups in total. The van der Waals surface area contributed by atoms with Gasteiger partial charge >= 0.3 is 6.18 Å². The number of aromatic nitrogens is 3. The Kier molecular flexibility index (Phi) is 8.31. The Morgan fingerprint density at radius 2 is 1.87 bits per heavy atom. The number of hydrogen-bond donors (Lipinski definition) is 0. The number of amides is 1. The number of rotatable bonds is 9. The Balaban J connectivity index is 1.87. The monoisotopic (exact) mass is 559 g/mol. The van der Waals surface area contributed by atoms with Gasteiger partial charge in [-0.3, -0.25) is 4.79 Å². The SMILES string of the molecule is COc1cccc(-c2nc(-n3nc(CN(CCN(C)C)C(C)=O)c4cc(C(F)(F)F)ccc43)sc2C(C)C)c1. The summed E-state index contributed by atoms with van der Waals surface area (Å²) in [5.74, 6) is 0.670. The van der Waals surface area contributed by atoms with Crippen LogP contribution < -0.4 is 4.74 Å². The maximum Gasteiger partial charge on any atom is 0.416 e. The first-order valence-electron chi connectivity index (χ1n) is 12.5. The minimum absolute atomic E-state index is 0.0825. The van der Waals surface area contributed by atoms with Crippen molar-refractivity contribution >= 4 is 28.1 Å². The number of methoxy groups -OCH3 is 1. The highest BCUT2D eigenvalue weighted by Crippen LogP contribution is 2.38. The molecule has 0 aliphatic heterocycles. The number of halogens is 3. The molecule has 7 nitrogen and oxygen atoms in total. The molecule has 0 bridgehead atoms. The number of carbonyl (C=O) groups excluding carboxylic acids is 1. The average molecular weight is 560 g/mol. The zero-order valence-corrected chi connectivity index (χ0v) is 23.7. The average Bonchev–Trinajstić information content (AvgIpc) is 3.47. The molecule has 4 rings (SSSR count). The summed E-state index contributed by atoms with van der Waals surface area (Å²) in [5.41, 5.74) is 1.77. The lowest BCUT2D eigenvalue weighted by atomic mass is 10.1. The van der Waals surface area contributed by atoms with Crippen LogP contribution in [0.5, 0.6) is 5.75 Å². The fourth-order valence-corrected chi connectivity index (χ4v) is 5.30. The van der Waals surface area contributed by atoms with Gasteiger partial charge in [-0.2, -0.15) is 18.3 Å². The second-order valence-electron chi connectivity index (χ2n) is 9.93. The molecule has 11 heteroatoms. The van der Waals surface area contributed by atoms with Crippen molar-refractivity contribution in [1.82, 2.24) is 24.6 Å². The molecule has 208 valence electrons. The summed E-state index contributed by atoms with van der Waals surface area (Å²) >= 11 is 1.45. The van der Waals surface area contributed by atoms with Crippen molar-refractivity contribution in [2.45, 2.75) is 39.4 Å². The molecule has 0 aliphatic carbocycles. The minimum Gasteiger partial charge on any atom is -0.497 e. The van der Waals surface area contributed by atoms with Crippen molar-refractivity contribution in [2.75, 3.05) is 34.3 Å². The Labute approximate surface area is 229 Å². The van der Waals surface area contributed by atoms with Crippen molar-refractivity contribution in [3.63, 3.8) is 0 Å². The van der Waals surface area contributed by atoms with Crippen LogP contribution in [-0.4, -0.2) is 64.8 Å². The molecular weight excluding hydrogens is 527 g/mol. The Morgan fingerprint density at radius 3 is 2.49 bits per heavy atom. The van der Waals surface area contributed by atoms with E-state index >= 15 is 0 Å². The van der Waals surface area contributed by atoms with E-state index in [4.69, 9.17) is 14.8 Å². The van der Waals surface area contributed by atoms with Crippen LogP contribution in [0.2, 0.25) is 0 Å². The molecule has 2 aromatic heterocycles. The molecule has 2 heterocycles.